The maximum atomic E-state index is 12.5. The molecule has 2 rings (SSSR count). The summed E-state index contributed by atoms with van der Waals surface area (Å²) in [5.74, 6) is -0.506. The molecule has 1 aromatic rings. The molecule has 0 atom stereocenters. The van der Waals surface area contributed by atoms with Crippen molar-refractivity contribution >= 4 is 28.2 Å². The van der Waals surface area contributed by atoms with Crippen molar-refractivity contribution in [2.45, 2.75) is 26.2 Å². The van der Waals surface area contributed by atoms with Gasteiger partial charge in [-0.2, -0.15) is 0 Å². The van der Waals surface area contributed by atoms with Crippen molar-refractivity contribution in [2.24, 2.45) is 0 Å². The monoisotopic (exact) mass is 282 g/mol. The van der Waals surface area contributed by atoms with Gasteiger partial charge in [0.25, 0.3) is 5.91 Å². The standard InChI is InChI=1S/C13H18N2O3S/c1-8-9(11(14)19-10(8)13(17)18-2)12(16)15-6-4-3-5-7-15/h3-7,14H2,1-2H3. The Morgan fingerprint density at radius 1 is 1.26 bits per heavy atom. The van der Waals surface area contributed by atoms with Crippen LogP contribution in [0, 0.1) is 6.92 Å². The van der Waals surface area contributed by atoms with Crippen LogP contribution < -0.4 is 5.73 Å². The smallest absolute Gasteiger partial charge is 0.348 e. The van der Waals surface area contributed by atoms with E-state index in [0.29, 0.717) is 21.0 Å². The van der Waals surface area contributed by atoms with Gasteiger partial charge in [-0.05, 0) is 31.7 Å². The molecule has 0 saturated carbocycles. The summed E-state index contributed by atoms with van der Waals surface area (Å²) < 4.78 is 4.70. The Morgan fingerprint density at radius 2 is 1.89 bits per heavy atom. The zero-order valence-corrected chi connectivity index (χ0v) is 12.0. The molecule has 0 bridgehead atoms. The Bertz CT molecular complexity index is 504. The maximum Gasteiger partial charge on any atom is 0.348 e. The molecule has 1 amide bonds. The first kappa shape index (κ1) is 13.9. The van der Waals surface area contributed by atoms with Crippen molar-refractivity contribution in [1.29, 1.82) is 0 Å². The number of amides is 1. The summed E-state index contributed by atoms with van der Waals surface area (Å²) >= 11 is 1.12. The maximum absolute atomic E-state index is 12.5. The van der Waals surface area contributed by atoms with Crippen LogP contribution in [-0.2, 0) is 4.74 Å². The largest absolute Gasteiger partial charge is 0.465 e. The summed E-state index contributed by atoms with van der Waals surface area (Å²) in [5.41, 5.74) is 7.00. The zero-order chi connectivity index (χ0) is 14.0. The second kappa shape index (κ2) is 5.61. The van der Waals surface area contributed by atoms with Crippen LogP contribution in [0.2, 0.25) is 0 Å². The minimum atomic E-state index is -0.438. The van der Waals surface area contributed by atoms with Crippen molar-refractivity contribution in [3.8, 4) is 0 Å². The van der Waals surface area contributed by atoms with Crippen molar-refractivity contribution in [3.05, 3.63) is 16.0 Å². The van der Waals surface area contributed by atoms with Crippen LogP contribution in [0.25, 0.3) is 0 Å². The van der Waals surface area contributed by atoms with Gasteiger partial charge in [0.2, 0.25) is 0 Å². The minimum absolute atomic E-state index is 0.0684. The number of ether oxygens (including phenoxy) is 1. The lowest BCUT2D eigenvalue weighted by Gasteiger charge is -2.26. The second-order valence-corrected chi connectivity index (χ2v) is 5.69. The van der Waals surface area contributed by atoms with E-state index in [9.17, 15) is 9.59 Å². The quantitative estimate of drug-likeness (QED) is 0.843. The van der Waals surface area contributed by atoms with E-state index < -0.39 is 5.97 Å². The lowest BCUT2D eigenvalue weighted by molar-refractivity contribution is 0.0605. The van der Waals surface area contributed by atoms with Crippen LogP contribution in [0.1, 0.15) is 44.9 Å². The number of esters is 1. The number of methoxy groups -OCH3 is 1. The van der Waals surface area contributed by atoms with Crippen LogP contribution in [0.15, 0.2) is 0 Å². The predicted molar refractivity (Wildman–Crippen MR) is 74.6 cm³/mol. The van der Waals surface area contributed by atoms with Crippen LogP contribution >= 0.6 is 11.3 Å². The number of thiophene rings is 1. The van der Waals surface area contributed by atoms with E-state index in [2.05, 4.69) is 0 Å². The molecule has 1 fully saturated rings. The van der Waals surface area contributed by atoms with E-state index in [1.807, 2.05) is 4.90 Å². The molecule has 19 heavy (non-hydrogen) atoms. The number of nitrogens with zero attached hydrogens (tertiary/aromatic N) is 1. The van der Waals surface area contributed by atoms with Gasteiger partial charge in [0.05, 0.1) is 17.7 Å². The summed E-state index contributed by atoms with van der Waals surface area (Å²) in [5, 5.41) is 0.397. The Kier molecular flexibility index (Phi) is 4.09. The third kappa shape index (κ3) is 2.58. The van der Waals surface area contributed by atoms with Crippen molar-refractivity contribution in [3.63, 3.8) is 0 Å². The number of nitrogen functional groups attached to an aromatic ring is 1. The summed E-state index contributed by atoms with van der Waals surface area (Å²) in [6, 6.07) is 0. The van der Waals surface area contributed by atoms with Crippen LogP contribution in [0.3, 0.4) is 0 Å². The average molecular weight is 282 g/mol. The van der Waals surface area contributed by atoms with Gasteiger partial charge in [-0.3, -0.25) is 4.79 Å². The fraction of sp³-hybridized carbons (Fsp3) is 0.538. The third-order valence-corrected chi connectivity index (χ3v) is 4.50. The van der Waals surface area contributed by atoms with Crippen molar-refractivity contribution in [1.82, 2.24) is 4.90 Å². The minimum Gasteiger partial charge on any atom is -0.465 e. The molecule has 0 aromatic carbocycles. The first-order chi connectivity index (χ1) is 9.06. The van der Waals surface area contributed by atoms with Gasteiger partial charge in [0, 0.05) is 13.1 Å². The summed E-state index contributed by atoms with van der Waals surface area (Å²) in [6.45, 7) is 3.28. The Labute approximate surface area is 116 Å². The van der Waals surface area contributed by atoms with Crippen molar-refractivity contribution in [2.75, 3.05) is 25.9 Å². The van der Waals surface area contributed by atoms with E-state index in [1.54, 1.807) is 6.92 Å². The van der Waals surface area contributed by atoms with Gasteiger partial charge in [-0.15, -0.1) is 11.3 Å². The molecule has 0 aliphatic carbocycles. The number of carbonyl (C=O) groups is 2. The highest BCUT2D eigenvalue weighted by atomic mass is 32.1. The molecule has 0 spiro atoms. The molecular weight excluding hydrogens is 264 g/mol. The number of carbonyl (C=O) groups excluding carboxylic acids is 2. The summed E-state index contributed by atoms with van der Waals surface area (Å²) in [7, 11) is 1.32. The Hall–Kier alpha value is -1.56. The van der Waals surface area contributed by atoms with Gasteiger partial charge >= 0.3 is 5.97 Å². The highest BCUT2D eigenvalue weighted by molar-refractivity contribution is 7.18. The topological polar surface area (TPSA) is 72.6 Å². The molecule has 1 aromatic heterocycles. The Balaban J connectivity index is 2.31. The predicted octanol–water partition coefficient (Wildman–Crippen LogP) is 2.05. The average Bonchev–Trinajstić information content (AvgIpc) is 2.73. The fourth-order valence-electron chi connectivity index (χ4n) is 2.34. The van der Waals surface area contributed by atoms with E-state index >= 15 is 0 Å². The number of rotatable bonds is 2. The van der Waals surface area contributed by atoms with Gasteiger partial charge in [0.1, 0.15) is 4.88 Å². The Morgan fingerprint density at radius 3 is 2.47 bits per heavy atom. The lowest BCUT2D eigenvalue weighted by atomic mass is 10.1. The highest BCUT2D eigenvalue weighted by Crippen LogP contribution is 2.32. The van der Waals surface area contributed by atoms with E-state index in [0.717, 1.165) is 43.7 Å². The molecule has 104 valence electrons. The van der Waals surface area contributed by atoms with Gasteiger partial charge in [0.15, 0.2) is 0 Å². The fourth-order valence-corrected chi connectivity index (χ4v) is 3.33. The molecule has 2 heterocycles. The van der Waals surface area contributed by atoms with E-state index in [4.69, 9.17) is 10.5 Å². The van der Waals surface area contributed by atoms with Gasteiger partial charge in [-0.25, -0.2) is 4.79 Å². The number of hydrogen-bond donors (Lipinski definition) is 1. The molecule has 1 aliphatic rings. The number of nitrogens with two attached hydrogens (primary N) is 1. The summed E-state index contributed by atoms with van der Waals surface area (Å²) in [4.78, 5) is 26.3. The van der Waals surface area contributed by atoms with E-state index in [1.165, 1.54) is 7.11 Å². The zero-order valence-electron chi connectivity index (χ0n) is 11.2. The molecule has 1 aliphatic heterocycles. The number of likely N-dealkylation sites (tertiary alicyclic amines) is 1. The first-order valence-electron chi connectivity index (χ1n) is 6.32. The molecule has 6 heteroatoms. The number of hydrogen-bond acceptors (Lipinski definition) is 5. The number of anilines is 1. The third-order valence-electron chi connectivity index (χ3n) is 3.40. The van der Waals surface area contributed by atoms with Crippen LogP contribution in [0.4, 0.5) is 5.00 Å². The molecule has 5 nitrogen and oxygen atoms in total. The van der Waals surface area contributed by atoms with Crippen LogP contribution in [-0.4, -0.2) is 37.0 Å². The van der Waals surface area contributed by atoms with Crippen LogP contribution in [0.5, 0.6) is 0 Å². The van der Waals surface area contributed by atoms with E-state index in [-0.39, 0.29) is 5.91 Å². The van der Waals surface area contributed by atoms with Gasteiger partial charge < -0.3 is 15.4 Å². The molecule has 0 unspecified atom stereocenters. The number of piperidine rings is 1. The van der Waals surface area contributed by atoms with Crippen molar-refractivity contribution < 1.29 is 14.3 Å². The first-order valence-corrected chi connectivity index (χ1v) is 7.14. The highest BCUT2D eigenvalue weighted by Gasteiger charge is 2.27. The normalized spacial score (nSPS) is 15.4. The molecule has 2 N–H and O–H groups in total. The van der Waals surface area contributed by atoms with Gasteiger partial charge in [-0.1, -0.05) is 0 Å². The molecule has 0 radical (unpaired) electrons. The molecule has 1 saturated heterocycles. The summed E-state index contributed by atoms with van der Waals surface area (Å²) in [6.07, 6.45) is 3.21. The second-order valence-electron chi connectivity index (χ2n) is 4.64. The SMILES string of the molecule is COC(=O)c1sc(N)c(C(=O)N2CCCCC2)c1C. The molecular formula is C13H18N2O3S. The lowest BCUT2D eigenvalue weighted by Crippen LogP contribution is -2.36.